The number of rotatable bonds is 6. The Balaban J connectivity index is 2.64. The van der Waals surface area contributed by atoms with Crippen molar-refractivity contribution in [1.82, 2.24) is 20.4 Å². The molecule has 1 rings (SSSR count). The van der Waals surface area contributed by atoms with E-state index in [9.17, 15) is 0 Å². The molecule has 0 spiro atoms. The number of ether oxygens (including phenoxy) is 1. The van der Waals surface area contributed by atoms with Gasteiger partial charge in [-0.1, -0.05) is 5.16 Å². The van der Waals surface area contributed by atoms with E-state index in [1.165, 1.54) is 0 Å². The number of hydrogen-bond acceptors (Lipinski definition) is 5. The number of aliphatic imine (C=N–C) groups is 1. The van der Waals surface area contributed by atoms with Crippen molar-refractivity contribution in [1.29, 1.82) is 0 Å². The minimum Gasteiger partial charge on any atom is -0.371 e. The fourth-order valence-corrected chi connectivity index (χ4v) is 1.48. The minimum absolute atomic E-state index is 0.159. The van der Waals surface area contributed by atoms with Crippen LogP contribution in [0.4, 0.5) is 0 Å². The van der Waals surface area contributed by atoms with Gasteiger partial charge in [-0.3, -0.25) is 0 Å². The average Bonchev–Trinajstić information content (AvgIpc) is 2.83. The van der Waals surface area contributed by atoms with E-state index < -0.39 is 0 Å². The highest BCUT2D eigenvalue weighted by Crippen LogP contribution is 2.12. The standard InChI is InChI=1S/C12H23N5O2/c1-6-13-12(17(4)5)14-8-10-15-11(16-19-10)9(3)18-7-2/h9H,6-8H2,1-5H3,(H,13,14)/t9-/m0/s1. The van der Waals surface area contributed by atoms with Gasteiger partial charge in [-0.2, -0.15) is 4.98 Å². The van der Waals surface area contributed by atoms with Gasteiger partial charge in [0.1, 0.15) is 12.6 Å². The average molecular weight is 269 g/mol. The van der Waals surface area contributed by atoms with E-state index in [0.717, 1.165) is 12.5 Å². The molecule has 1 heterocycles. The van der Waals surface area contributed by atoms with Crippen molar-refractivity contribution in [2.24, 2.45) is 4.99 Å². The zero-order valence-electron chi connectivity index (χ0n) is 12.3. The molecule has 7 nitrogen and oxygen atoms in total. The van der Waals surface area contributed by atoms with Crippen molar-refractivity contribution in [3.05, 3.63) is 11.7 Å². The summed E-state index contributed by atoms with van der Waals surface area (Å²) in [7, 11) is 3.86. The number of nitrogens with one attached hydrogen (secondary N) is 1. The van der Waals surface area contributed by atoms with Crippen molar-refractivity contribution in [2.45, 2.75) is 33.4 Å². The van der Waals surface area contributed by atoms with Crippen LogP contribution in [0.2, 0.25) is 0 Å². The first-order chi connectivity index (χ1) is 9.08. The molecule has 0 bridgehead atoms. The Morgan fingerprint density at radius 2 is 2.21 bits per heavy atom. The van der Waals surface area contributed by atoms with Crippen LogP contribution in [-0.2, 0) is 11.3 Å². The largest absolute Gasteiger partial charge is 0.371 e. The molecule has 0 saturated heterocycles. The summed E-state index contributed by atoms with van der Waals surface area (Å²) >= 11 is 0. The lowest BCUT2D eigenvalue weighted by Gasteiger charge is -2.15. The van der Waals surface area contributed by atoms with Crippen LogP contribution in [0, 0.1) is 0 Å². The predicted molar refractivity (Wildman–Crippen MR) is 72.8 cm³/mol. The molecule has 0 amide bonds. The maximum Gasteiger partial charge on any atom is 0.248 e. The molecule has 1 atom stereocenters. The summed E-state index contributed by atoms with van der Waals surface area (Å²) in [5.74, 6) is 1.83. The number of guanidine groups is 1. The molecule has 19 heavy (non-hydrogen) atoms. The van der Waals surface area contributed by atoms with Gasteiger partial charge in [-0.25, -0.2) is 4.99 Å². The van der Waals surface area contributed by atoms with E-state index in [4.69, 9.17) is 9.26 Å². The maximum absolute atomic E-state index is 5.40. The zero-order chi connectivity index (χ0) is 14.3. The number of nitrogens with zero attached hydrogens (tertiary/aromatic N) is 4. The van der Waals surface area contributed by atoms with E-state index in [1.54, 1.807) is 0 Å². The van der Waals surface area contributed by atoms with Gasteiger partial charge in [-0.15, -0.1) is 0 Å². The summed E-state index contributed by atoms with van der Waals surface area (Å²) in [5.41, 5.74) is 0. The first-order valence-corrected chi connectivity index (χ1v) is 6.48. The fraction of sp³-hybridized carbons (Fsp3) is 0.750. The molecule has 0 aliphatic rings. The highest BCUT2D eigenvalue weighted by atomic mass is 16.5. The van der Waals surface area contributed by atoms with Gasteiger partial charge in [0.15, 0.2) is 11.8 Å². The van der Waals surface area contributed by atoms with Crippen LogP contribution in [0.3, 0.4) is 0 Å². The van der Waals surface area contributed by atoms with Crippen molar-refractivity contribution in [3.8, 4) is 0 Å². The first kappa shape index (κ1) is 15.4. The van der Waals surface area contributed by atoms with Crippen molar-refractivity contribution >= 4 is 5.96 Å². The molecule has 0 unspecified atom stereocenters. The van der Waals surface area contributed by atoms with Gasteiger partial charge in [-0.05, 0) is 20.8 Å². The van der Waals surface area contributed by atoms with Crippen molar-refractivity contribution in [3.63, 3.8) is 0 Å². The van der Waals surface area contributed by atoms with Crippen LogP contribution in [0.15, 0.2) is 9.52 Å². The van der Waals surface area contributed by atoms with Crippen molar-refractivity contribution < 1.29 is 9.26 Å². The highest BCUT2D eigenvalue weighted by molar-refractivity contribution is 5.79. The normalized spacial score (nSPS) is 13.4. The van der Waals surface area contributed by atoms with Gasteiger partial charge >= 0.3 is 0 Å². The summed E-state index contributed by atoms with van der Waals surface area (Å²) in [6.45, 7) is 7.63. The molecular weight excluding hydrogens is 246 g/mol. The third-order valence-electron chi connectivity index (χ3n) is 2.39. The summed E-state index contributed by atoms with van der Waals surface area (Å²) in [5, 5.41) is 7.05. The maximum atomic E-state index is 5.40. The molecule has 0 saturated carbocycles. The van der Waals surface area contributed by atoms with Gasteiger partial charge in [0.25, 0.3) is 0 Å². The monoisotopic (exact) mass is 269 g/mol. The minimum atomic E-state index is -0.159. The van der Waals surface area contributed by atoms with Gasteiger partial charge in [0, 0.05) is 27.2 Å². The van der Waals surface area contributed by atoms with Crippen LogP contribution in [0.5, 0.6) is 0 Å². The van der Waals surface area contributed by atoms with E-state index in [1.807, 2.05) is 39.8 Å². The van der Waals surface area contributed by atoms with E-state index in [2.05, 4.69) is 20.4 Å². The third-order valence-corrected chi connectivity index (χ3v) is 2.39. The molecule has 0 radical (unpaired) electrons. The molecule has 0 fully saturated rings. The predicted octanol–water partition coefficient (Wildman–Crippen LogP) is 1.19. The van der Waals surface area contributed by atoms with Gasteiger partial charge in [0.2, 0.25) is 5.89 Å². The Bertz CT molecular complexity index is 403. The fourth-order valence-electron chi connectivity index (χ4n) is 1.48. The quantitative estimate of drug-likeness (QED) is 0.617. The topological polar surface area (TPSA) is 75.8 Å². The van der Waals surface area contributed by atoms with Crippen LogP contribution < -0.4 is 5.32 Å². The molecule has 0 aliphatic heterocycles. The Labute approximate surface area is 114 Å². The molecule has 0 aromatic carbocycles. The molecule has 7 heteroatoms. The molecule has 1 N–H and O–H groups in total. The molecular formula is C12H23N5O2. The summed E-state index contributed by atoms with van der Waals surface area (Å²) in [4.78, 5) is 10.6. The summed E-state index contributed by atoms with van der Waals surface area (Å²) in [6, 6.07) is 0. The Morgan fingerprint density at radius 3 is 2.79 bits per heavy atom. The van der Waals surface area contributed by atoms with Crippen molar-refractivity contribution in [2.75, 3.05) is 27.2 Å². The Morgan fingerprint density at radius 1 is 1.47 bits per heavy atom. The lowest BCUT2D eigenvalue weighted by atomic mass is 10.4. The zero-order valence-corrected chi connectivity index (χ0v) is 12.3. The van der Waals surface area contributed by atoms with E-state index in [0.29, 0.717) is 24.9 Å². The van der Waals surface area contributed by atoms with E-state index in [-0.39, 0.29) is 6.10 Å². The van der Waals surface area contributed by atoms with Crippen LogP contribution in [0.25, 0.3) is 0 Å². The van der Waals surface area contributed by atoms with Crippen LogP contribution >= 0.6 is 0 Å². The van der Waals surface area contributed by atoms with Gasteiger partial charge < -0.3 is 19.5 Å². The highest BCUT2D eigenvalue weighted by Gasteiger charge is 2.13. The Kier molecular flexibility index (Phi) is 6.27. The number of hydrogen-bond donors (Lipinski definition) is 1. The molecule has 0 aliphatic carbocycles. The molecule has 1 aromatic rings. The molecule has 1 aromatic heterocycles. The second kappa shape index (κ2) is 7.73. The second-order valence-corrected chi connectivity index (χ2v) is 4.21. The van der Waals surface area contributed by atoms with E-state index >= 15 is 0 Å². The van der Waals surface area contributed by atoms with Crippen LogP contribution in [0.1, 0.15) is 38.6 Å². The van der Waals surface area contributed by atoms with Gasteiger partial charge in [0.05, 0.1) is 0 Å². The lowest BCUT2D eigenvalue weighted by molar-refractivity contribution is 0.0683. The number of aromatic nitrogens is 2. The Hall–Kier alpha value is -1.63. The SMILES string of the molecule is CCNC(=NCc1nc([C@H](C)OCC)no1)N(C)C. The smallest absolute Gasteiger partial charge is 0.248 e. The molecule has 108 valence electrons. The summed E-state index contributed by atoms with van der Waals surface area (Å²) < 4.78 is 10.5. The first-order valence-electron chi connectivity index (χ1n) is 6.48. The summed E-state index contributed by atoms with van der Waals surface area (Å²) in [6.07, 6.45) is -0.159. The third kappa shape index (κ3) is 4.86. The second-order valence-electron chi connectivity index (χ2n) is 4.21. The van der Waals surface area contributed by atoms with Crippen LogP contribution in [-0.4, -0.2) is 48.2 Å². The lowest BCUT2D eigenvalue weighted by Crippen LogP contribution is -2.36.